The second-order valence-electron chi connectivity index (χ2n) is 6.77. The SMILES string of the molecule is FC(F)(F)c1nc(NCc2ccc(N3CCCCCC3)nc2)c2[nH]cnc2n1. The maximum absolute atomic E-state index is 13.0. The first kappa shape index (κ1) is 18.5. The second kappa shape index (κ2) is 7.61. The third kappa shape index (κ3) is 4.00. The molecule has 2 N–H and O–H groups in total. The fourth-order valence-corrected chi connectivity index (χ4v) is 3.28. The zero-order chi connectivity index (χ0) is 19.6. The summed E-state index contributed by atoms with van der Waals surface area (Å²) in [4.78, 5) is 20.5. The number of rotatable bonds is 4. The number of anilines is 2. The van der Waals surface area contributed by atoms with E-state index in [9.17, 15) is 13.2 Å². The van der Waals surface area contributed by atoms with Gasteiger partial charge in [0.2, 0.25) is 5.82 Å². The number of halogens is 3. The molecule has 4 rings (SSSR count). The van der Waals surface area contributed by atoms with Crippen LogP contribution in [-0.4, -0.2) is 38.0 Å². The molecule has 1 saturated heterocycles. The molecule has 0 radical (unpaired) electrons. The van der Waals surface area contributed by atoms with Crippen molar-refractivity contribution in [1.82, 2.24) is 24.9 Å². The largest absolute Gasteiger partial charge is 0.451 e. The van der Waals surface area contributed by atoms with E-state index in [1.807, 2.05) is 12.1 Å². The Kier molecular flexibility index (Phi) is 5.01. The lowest BCUT2D eigenvalue weighted by Gasteiger charge is -2.21. The number of aromatic amines is 1. The number of hydrogen-bond acceptors (Lipinski definition) is 6. The fraction of sp³-hybridized carbons (Fsp3) is 0.444. The van der Waals surface area contributed by atoms with Crippen LogP contribution in [0.3, 0.4) is 0 Å². The lowest BCUT2D eigenvalue weighted by atomic mass is 10.2. The Morgan fingerprint density at radius 2 is 1.82 bits per heavy atom. The molecule has 7 nitrogen and oxygen atoms in total. The minimum absolute atomic E-state index is 0.0283. The Bertz CT molecular complexity index is 928. The van der Waals surface area contributed by atoms with Crippen LogP contribution in [0.5, 0.6) is 0 Å². The predicted molar refractivity (Wildman–Crippen MR) is 98.9 cm³/mol. The van der Waals surface area contributed by atoms with E-state index in [1.165, 1.54) is 32.0 Å². The Balaban J connectivity index is 1.49. The first-order valence-electron chi connectivity index (χ1n) is 9.23. The zero-order valence-corrected chi connectivity index (χ0v) is 15.1. The van der Waals surface area contributed by atoms with Gasteiger partial charge in [-0.2, -0.15) is 13.2 Å². The van der Waals surface area contributed by atoms with Gasteiger partial charge in [-0.1, -0.05) is 18.9 Å². The molecule has 1 fully saturated rings. The highest BCUT2D eigenvalue weighted by molar-refractivity contribution is 5.82. The molecular weight excluding hydrogens is 371 g/mol. The predicted octanol–water partition coefficient (Wildman–Crippen LogP) is 3.76. The van der Waals surface area contributed by atoms with E-state index in [0.717, 1.165) is 24.5 Å². The topological polar surface area (TPSA) is 82.6 Å². The lowest BCUT2D eigenvalue weighted by Crippen LogP contribution is -2.24. The van der Waals surface area contributed by atoms with Crippen LogP contribution in [0.2, 0.25) is 0 Å². The van der Waals surface area contributed by atoms with Crippen molar-refractivity contribution in [1.29, 1.82) is 0 Å². The molecule has 0 spiro atoms. The van der Waals surface area contributed by atoms with Gasteiger partial charge in [-0.15, -0.1) is 0 Å². The molecule has 0 amide bonds. The van der Waals surface area contributed by atoms with E-state index in [-0.39, 0.29) is 18.0 Å². The molecule has 28 heavy (non-hydrogen) atoms. The van der Waals surface area contributed by atoms with Gasteiger partial charge < -0.3 is 15.2 Å². The van der Waals surface area contributed by atoms with Gasteiger partial charge in [0, 0.05) is 25.8 Å². The summed E-state index contributed by atoms with van der Waals surface area (Å²) < 4.78 is 39.0. The first-order chi connectivity index (χ1) is 13.5. The zero-order valence-electron chi connectivity index (χ0n) is 15.1. The van der Waals surface area contributed by atoms with Crippen molar-refractivity contribution in [2.75, 3.05) is 23.3 Å². The lowest BCUT2D eigenvalue weighted by molar-refractivity contribution is -0.144. The number of fused-ring (bicyclic) bond motifs is 1. The first-order valence-corrected chi connectivity index (χ1v) is 9.23. The molecule has 10 heteroatoms. The molecule has 0 unspecified atom stereocenters. The molecule has 1 aliphatic heterocycles. The normalized spacial score (nSPS) is 15.6. The number of hydrogen-bond donors (Lipinski definition) is 2. The molecule has 0 aliphatic carbocycles. The van der Waals surface area contributed by atoms with Crippen LogP contribution in [0.1, 0.15) is 37.1 Å². The number of imidazole rings is 1. The number of nitrogens with zero attached hydrogens (tertiary/aromatic N) is 5. The minimum Gasteiger partial charge on any atom is -0.364 e. The molecule has 148 valence electrons. The molecule has 3 aromatic rings. The van der Waals surface area contributed by atoms with Crippen LogP contribution in [0, 0.1) is 0 Å². The van der Waals surface area contributed by atoms with Crippen LogP contribution in [0.15, 0.2) is 24.7 Å². The second-order valence-corrected chi connectivity index (χ2v) is 6.77. The summed E-state index contributed by atoms with van der Waals surface area (Å²) in [6, 6.07) is 3.88. The molecule has 4 heterocycles. The van der Waals surface area contributed by atoms with E-state index in [0.29, 0.717) is 5.52 Å². The number of pyridine rings is 1. The van der Waals surface area contributed by atoms with Crippen LogP contribution in [0.4, 0.5) is 24.8 Å². The van der Waals surface area contributed by atoms with Gasteiger partial charge in [-0.05, 0) is 24.5 Å². The Labute approximate surface area is 159 Å². The van der Waals surface area contributed by atoms with Gasteiger partial charge >= 0.3 is 6.18 Å². The maximum atomic E-state index is 13.0. The highest BCUT2D eigenvalue weighted by atomic mass is 19.4. The fourth-order valence-electron chi connectivity index (χ4n) is 3.28. The standard InChI is InChI=1S/C18H20F3N7/c19-18(20,21)17-26-15(14-16(27-17)25-11-24-14)23-10-12-5-6-13(22-9-12)28-7-3-1-2-4-8-28/h5-6,9,11H,1-4,7-8,10H2,(H2,23,24,25,26,27). The van der Waals surface area contributed by atoms with E-state index in [1.54, 1.807) is 6.20 Å². The summed E-state index contributed by atoms with van der Waals surface area (Å²) >= 11 is 0. The molecule has 1 aliphatic rings. The Morgan fingerprint density at radius 1 is 1.04 bits per heavy atom. The molecular formula is C18H20F3N7. The smallest absolute Gasteiger partial charge is 0.364 e. The van der Waals surface area contributed by atoms with Crippen LogP contribution < -0.4 is 10.2 Å². The number of H-pyrrole nitrogens is 1. The van der Waals surface area contributed by atoms with Crippen LogP contribution in [0.25, 0.3) is 11.2 Å². The molecule has 0 saturated carbocycles. The van der Waals surface area contributed by atoms with Crippen molar-refractivity contribution >= 4 is 22.8 Å². The Morgan fingerprint density at radius 3 is 2.50 bits per heavy atom. The average Bonchev–Trinajstić information content (AvgIpc) is 2.99. The quantitative estimate of drug-likeness (QED) is 0.705. The van der Waals surface area contributed by atoms with Gasteiger partial charge in [0.25, 0.3) is 0 Å². The third-order valence-corrected chi connectivity index (χ3v) is 4.74. The third-order valence-electron chi connectivity index (χ3n) is 4.74. The van der Waals surface area contributed by atoms with Crippen molar-refractivity contribution < 1.29 is 13.2 Å². The van der Waals surface area contributed by atoms with Gasteiger partial charge in [0.05, 0.1) is 6.33 Å². The summed E-state index contributed by atoms with van der Waals surface area (Å²) in [6.45, 7) is 2.29. The van der Waals surface area contributed by atoms with Gasteiger partial charge in [0.1, 0.15) is 11.3 Å². The highest BCUT2D eigenvalue weighted by Gasteiger charge is 2.36. The Hall–Kier alpha value is -2.91. The summed E-state index contributed by atoms with van der Waals surface area (Å²) in [5, 5.41) is 2.94. The van der Waals surface area contributed by atoms with E-state index in [2.05, 4.69) is 35.1 Å². The van der Waals surface area contributed by atoms with E-state index in [4.69, 9.17) is 0 Å². The minimum atomic E-state index is -4.64. The summed E-state index contributed by atoms with van der Waals surface area (Å²) in [5.41, 5.74) is 1.15. The van der Waals surface area contributed by atoms with Crippen molar-refractivity contribution in [3.05, 3.63) is 36.0 Å². The number of nitrogens with one attached hydrogen (secondary N) is 2. The average molecular weight is 391 g/mol. The maximum Gasteiger partial charge on any atom is 0.451 e. The molecule has 0 atom stereocenters. The van der Waals surface area contributed by atoms with Gasteiger partial charge in [-0.3, -0.25) is 0 Å². The summed E-state index contributed by atoms with van der Waals surface area (Å²) in [6.07, 6.45) is 3.23. The molecule has 0 aromatic carbocycles. The summed E-state index contributed by atoms with van der Waals surface area (Å²) in [5.74, 6) is -0.223. The number of aromatic nitrogens is 5. The van der Waals surface area contributed by atoms with Crippen molar-refractivity contribution in [3.63, 3.8) is 0 Å². The van der Waals surface area contributed by atoms with Crippen LogP contribution in [-0.2, 0) is 12.7 Å². The van der Waals surface area contributed by atoms with Crippen LogP contribution >= 0.6 is 0 Å². The van der Waals surface area contributed by atoms with E-state index >= 15 is 0 Å². The van der Waals surface area contributed by atoms with Crippen molar-refractivity contribution in [2.45, 2.75) is 38.4 Å². The van der Waals surface area contributed by atoms with E-state index < -0.39 is 12.0 Å². The summed E-state index contributed by atoms with van der Waals surface area (Å²) in [7, 11) is 0. The molecule has 3 aromatic heterocycles. The van der Waals surface area contributed by atoms with Gasteiger partial charge in [-0.25, -0.2) is 19.9 Å². The highest BCUT2D eigenvalue weighted by Crippen LogP contribution is 2.29. The number of alkyl halides is 3. The van der Waals surface area contributed by atoms with Crippen molar-refractivity contribution in [3.8, 4) is 0 Å². The monoisotopic (exact) mass is 391 g/mol. The van der Waals surface area contributed by atoms with Crippen molar-refractivity contribution in [2.24, 2.45) is 0 Å². The molecule has 0 bridgehead atoms. The van der Waals surface area contributed by atoms with Gasteiger partial charge in [0.15, 0.2) is 11.5 Å².